The molecule has 1 aliphatic heterocycles. The zero-order valence-corrected chi connectivity index (χ0v) is 12.2. The van der Waals surface area contributed by atoms with Gasteiger partial charge in [0, 0.05) is 10.8 Å². The Labute approximate surface area is 124 Å². The van der Waals surface area contributed by atoms with Gasteiger partial charge in [-0.25, -0.2) is 0 Å². The quantitative estimate of drug-likeness (QED) is 0.868. The van der Waals surface area contributed by atoms with Crippen molar-refractivity contribution >= 4 is 29.1 Å². The maximum atomic E-state index is 11.7. The second kappa shape index (κ2) is 5.46. The van der Waals surface area contributed by atoms with Crippen LogP contribution in [0.15, 0.2) is 22.7 Å². The van der Waals surface area contributed by atoms with Crippen molar-refractivity contribution in [2.45, 2.75) is 5.92 Å². The lowest BCUT2D eigenvalue weighted by Crippen LogP contribution is -2.09. The van der Waals surface area contributed by atoms with Crippen molar-refractivity contribution in [3.8, 4) is 17.1 Å². The second-order valence-corrected chi connectivity index (χ2v) is 5.80. The number of benzene rings is 1. The van der Waals surface area contributed by atoms with Crippen LogP contribution in [0.5, 0.6) is 5.75 Å². The topological polar surface area (TPSA) is 65.2 Å². The molecule has 7 heteroatoms. The van der Waals surface area contributed by atoms with Gasteiger partial charge in [0.2, 0.25) is 11.7 Å². The fourth-order valence-electron chi connectivity index (χ4n) is 2.02. The first-order valence-corrected chi connectivity index (χ1v) is 7.50. The van der Waals surface area contributed by atoms with Gasteiger partial charge in [-0.1, -0.05) is 16.8 Å². The molecule has 2 aromatic rings. The highest BCUT2D eigenvalue weighted by atomic mass is 35.5. The van der Waals surface area contributed by atoms with E-state index in [0.717, 1.165) is 0 Å². The van der Waals surface area contributed by atoms with Crippen LogP contribution >= 0.6 is 23.4 Å². The maximum absolute atomic E-state index is 11.7. The molecular formula is C13H11ClN2O3S. The van der Waals surface area contributed by atoms with E-state index in [1.54, 1.807) is 37.1 Å². The van der Waals surface area contributed by atoms with Gasteiger partial charge >= 0.3 is 0 Å². The molecule has 5 nitrogen and oxygen atoms in total. The average Bonchev–Trinajstić information content (AvgIpc) is 3.07. The van der Waals surface area contributed by atoms with Crippen LogP contribution in [0.25, 0.3) is 11.4 Å². The van der Waals surface area contributed by atoms with Gasteiger partial charge in [0.15, 0.2) is 5.78 Å². The standard InChI is InChI=1S/C13H11ClN2O3S/c1-18-11-4-7(14)2-3-8(11)12-15-13(19-16-12)9-5-20-6-10(9)17/h2-4,9H,5-6H2,1H3. The van der Waals surface area contributed by atoms with Crippen LogP contribution in [0.1, 0.15) is 11.8 Å². The van der Waals surface area contributed by atoms with Gasteiger partial charge in [-0.3, -0.25) is 4.79 Å². The summed E-state index contributed by atoms with van der Waals surface area (Å²) in [7, 11) is 1.55. The third kappa shape index (κ3) is 2.41. The number of halogens is 1. The van der Waals surface area contributed by atoms with Crippen LogP contribution in [0.3, 0.4) is 0 Å². The van der Waals surface area contributed by atoms with Gasteiger partial charge < -0.3 is 9.26 Å². The lowest BCUT2D eigenvalue weighted by molar-refractivity contribution is -0.117. The zero-order valence-electron chi connectivity index (χ0n) is 10.6. The summed E-state index contributed by atoms with van der Waals surface area (Å²) in [4.78, 5) is 16.0. The molecule has 1 aromatic carbocycles. The minimum absolute atomic E-state index is 0.133. The van der Waals surface area contributed by atoms with Crippen LogP contribution in [0, 0.1) is 0 Å². The summed E-state index contributed by atoms with van der Waals surface area (Å²) in [6.45, 7) is 0. The third-order valence-corrected chi connectivity index (χ3v) is 4.35. The van der Waals surface area contributed by atoms with Gasteiger partial charge in [-0.15, -0.1) is 0 Å². The molecule has 2 heterocycles. The first-order chi connectivity index (χ1) is 9.69. The van der Waals surface area contributed by atoms with Gasteiger partial charge in [0.25, 0.3) is 0 Å². The molecule has 0 aliphatic carbocycles. The number of aromatic nitrogens is 2. The predicted molar refractivity (Wildman–Crippen MR) is 76.4 cm³/mol. The number of ether oxygens (including phenoxy) is 1. The number of methoxy groups -OCH3 is 1. The molecule has 20 heavy (non-hydrogen) atoms. The number of thioether (sulfide) groups is 1. The van der Waals surface area contributed by atoms with Crippen molar-refractivity contribution in [2.75, 3.05) is 18.6 Å². The van der Waals surface area contributed by atoms with Crippen LogP contribution in [-0.2, 0) is 4.79 Å². The monoisotopic (exact) mass is 310 g/mol. The number of hydrogen-bond acceptors (Lipinski definition) is 6. The van der Waals surface area contributed by atoms with Crippen molar-refractivity contribution in [3.63, 3.8) is 0 Å². The largest absolute Gasteiger partial charge is 0.496 e. The number of carbonyl (C=O) groups is 1. The molecule has 1 unspecified atom stereocenters. The Hall–Kier alpha value is -1.53. The molecule has 1 aliphatic rings. The van der Waals surface area contributed by atoms with Crippen LogP contribution in [0.4, 0.5) is 0 Å². The summed E-state index contributed by atoms with van der Waals surface area (Å²) in [6, 6.07) is 5.18. The van der Waals surface area contributed by atoms with E-state index >= 15 is 0 Å². The highest BCUT2D eigenvalue weighted by Crippen LogP contribution is 2.33. The number of ketones is 1. The fraction of sp³-hybridized carbons (Fsp3) is 0.308. The van der Waals surface area contributed by atoms with Crippen LogP contribution in [-0.4, -0.2) is 34.5 Å². The molecule has 0 N–H and O–H groups in total. The Morgan fingerprint density at radius 1 is 1.50 bits per heavy atom. The molecule has 0 spiro atoms. The normalized spacial score (nSPS) is 18.5. The minimum Gasteiger partial charge on any atom is -0.496 e. The lowest BCUT2D eigenvalue weighted by Gasteiger charge is -2.04. The summed E-state index contributed by atoms with van der Waals surface area (Å²) in [5.41, 5.74) is 0.685. The molecule has 104 valence electrons. The molecule has 0 bridgehead atoms. The molecule has 3 rings (SSSR count). The van der Waals surface area contributed by atoms with Gasteiger partial charge in [-0.05, 0) is 18.2 Å². The summed E-state index contributed by atoms with van der Waals surface area (Å²) in [6.07, 6.45) is 0. The van der Waals surface area contributed by atoms with Crippen molar-refractivity contribution < 1.29 is 14.1 Å². The van der Waals surface area contributed by atoms with E-state index in [-0.39, 0.29) is 11.7 Å². The molecule has 1 aromatic heterocycles. The number of Topliss-reactive ketones (excluding diaryl/α,β-unsaturated/α-hetero) is 1. The number of carbonyl (C=O) groups excluding carboxylic acids is 1. The van der Waals surface area contributed by atoms with Gasteiger partial charge in [0.05, 0.1) is 18.4 Å². The molecule has 1 fully saturated rings. The predicted octanol–water partition coefficient (Wildman–Crippen LogP) is 2.80. The van der Waals surface area contributed by atoms with E-state index in [2.05, 4.69) is 10.1 Å². The number of rotatable bonds is 3. The van der Waals surface area contributed by atoms with Crippen molar-refractivity contribution in [1.82, 2.24) is 10.1 Å². The Bertz CT molecular complexity index is 659. The average molecular weight is 311 g/mol. The highest BCUT2D eigenvalue weighted by Gasteiger charge is 2.31. The Morgan fingerprint density at radius 2 is 2.35 bits per heavy atom. The zero-order chi connectivity index (χ0) is 14.1. The number of nitrogens with zero attached hydrogens (tertiary/aromatic N) is 2. The van der Waals surface area contributed by atoms with E-state index in [1.165, 1.54) is 0 Å². The fourth-order valence-corrected chi connectivity index (χ4v) is 3.26. The summed E-state index contributed by atoms with van der Waals surface area (Å²) in [5.74, 6) is 2.38. The first-order valence-electron chi connectivity index (χ1n) is 5.97. The van der Waals surface area contributed by atoms with Crippen molar-refractivity contribution in [2.24, 2.45) is 0 Å². The molecule has 0 radical (unpaired) electrons. The second-order valence-electron chi connectivity index (χ2n) is 4.33. The molecule has 0 saturated carbocycles. The first kappa shape index (κ1) is 13.5. The van der Waals surface area contributed by atoms with E-state index in [0.29, 0.717) is 39.6 Å². The number of hydrogen-bond donors (Lipinski definition) is 0. The Kier molecular flexibility index (Phi) is 3.67. The maximum Gasteiger partial charge on any atom is 0.238 e. The van der Waals surface area contributed by atoms with Gasteiger partial charge in [-0.2, -0.15) is 16.7 Å². The van der Waals surface area contributed by atoms with E-state index in [4.69, 9.17) is 20.9 Å². The Balaban J connectivity index is 1.96. The van der Waals surface area contributed by atoms with E-state index in [1.807, 2.05) is 0 Å². The SMILES string of the molecule is COc1cc(Cl)ccc1-c1noc(C2CSCC2=O)n1. The van der Waals surface area contributed by atoms with E-state index < -0.39 is 0 Å². The van der Waals surface area contributed by atoms with Crippen LogP contribution in [0.2, 0.25) is 5.02 Å². The molecular weight excluding hydrogens is 300 g/mol. The molecule has 1 saturated heterocycles. The van der Waals surface area contributed by atoms with Gasteiger partial charge in [0.1, 0.15) is 11.7 Å². The van der Waals surface area contributed by atoms with Crippen LogP contribution < -0.4 is 4.74 Å². The van der Waals surface area contributed by atoms with E-state index in [9.17, 15) is 4.79 Å². The van der Waals surface area contributed by atoms with Crippen molar-refractivity contribution in [1.29, 1.82) is 0 Å². The van der Waals surface area contributed by atoms with Crippen molar-refractivity contribution in [3.05, 3.63) is 29.1 Å². The minimum atomic E-state index is -0.292. The lowest BCUT2D eigenvalue weighted by atomic mass is 10.1. The molecule has 0 amide bonds. The smallest absolute Gasteiger partial charge is 0.238 e. The third-order valence-electron chi connectivity index (χ3n) is 3.06. The summed E-state index contributed by atoms with van der Waals surface area (Å²) in [5, 5.41) is 4.50. The molecule has 1 atom stereocenters. The summed E-state index contributed by atoms with van der Waals surface area (Å²) >= 11 is 7.50. The Morgan fingerprint density at radius 3 is 3.05 bits per heavy atom. The highest BCUT2D eigenvalue weighted by molar-refractivity contribution is 8.00. The summed E-state index contributed by atoms with van der Waals surface area (Å²) < 4.78 is 10.5.